The van der Waals surface area contributed by atoms with Gasteiger partial charge in [-0.2, -0.15) is 0 Å². The first-order valence-corrected chi connectivity index (χ1v) is 7.95. The van der Waals surface area contributed by atoms with E-state index in [9.17, 15) is 4.79 Å². The number of amides is 2. The number of anilines is 2. The minimum atomic E-state index is -0.346. The van der Waals surface area contributed by atoms with Crippen LogP contribution < -0.4 is 15.4 Å². The second-order valence-corrected chi connectivity index (χ2v) is 5.26. The van der Waals surface area contributed by atoms with Crippen molar-refractivity contribution in [2.75, 3.05) is 10.6 Å². The van der Waals surface area contributed by atoms with Gasteiger partial charge in [-0.1, -0.05) is 43.3 Å². The molecule has 0 aliphatic heterocycles. The quantitative estimate of drug-likeness (QED) is 0.721. The van der Waals surface area contributed by atoms with Crippen LogP contribution in [0.2, 0.25) is 0 Å². The van der Waals surface area contributed by atoms with Gasteiger partial charge in [-0.15, -0.1) is 0 Å². The summed E-state index contributed by atoms with van der Waals surface area (Å²) in [5, 5.41) is 5.53. The van der Waals surface area contributed by atoms with Crippen LogP contribution >= 0.6 is 0 Å². The Kier molecular flexibility index (Phi) is 5.21. The minimum Gasteiger partial charge on any atom is -0.424 e. The molecule has 2 amide bonds. The molecule has 3 aromatic rings. The van der Waals surface area contributed by atoms with Crippen LogP contribution in [0.15, 0.2) is 67.0 Å². The van der Waals surface area contributed by atoms with E-state index in [1.165, 1.54) is 12.4 Å². The number of rotatable bonds is 5. The molecule has 0 saturated heterocycles. The van der Waals surface area contributed by atoms with Crippen LogP contribution in [0, 0.1) is 0 Å². The van der Waals surface area contributed by atoms with E-state index in [4.69, 9.17) is 4.74 Å². The van der Waals surface area contributed by atoms with E-state index in [1.54, 1.807) is 0 Å². The number of urea groups is 1. The molecule has 0 saturated carbocycles. The van der Waals surface area contributed by atoms with Crippen molar-refractivity contribution in [1.82, 2.24) is 9.97 Å². The topological polar surface area (TPSA) is 76.1 Å². The zero-order valence-electron chi connectivity index (χ0n) is 13.8. The number of benzene rings is 2. The molecule has 25 heavy (non-hydrogen) atoms. The summed E-state index contributed by atoms with van der Waals surface area (Å²) in [6.45, 7) is 2.04. The zero-order chi connectivity index (χ0) is 17.5. The summed E-state index contributed by atoms with van der Waals surface area (Å²) in [4.78, 5) is 20.3. The van der Waals surface area contributed by atoms with Gasteiger partial charge < -0.3 is 15.4 Å². The summed E-state index contributed by atoms with van der Waals surface area (Å²) < 4.78 is 5.51. The molecule has 2 N–H and O–H groups in total. The van der Waals surface area contributed by atoms with Crippen molar-refractivity contribution in [3.05, 3.63) is 72.6 Å². The summed E-state index contributed by atoms with van der Waals surface area (Å²) in [6.07, 6.45) is 3.83. The van der Waals surface area contributed by atoms with Gasteiger partial charge in [0.25, 0.3) is 0 Å². The van der Waals surface area contributed by atoms with Crippen molar-refractivity contribution >= 4 is 17.4 Å². The van der Waals surface area contributed by atoms with Crippen molar-refractivity contribution in [3.63, 3.8) is 0 Å². The van der Waals surface area contributed by atoms with Crippen molar-refractivity contribution in [1.29, 1.82) is 0 Å². The number of aromatic nitrogens is 2. The molecule has 0 fully saturated rings. The van der Waals surface area contributed by atoms with Crippen molar-refractivity contribution in [2.45, 2.75) is 13.3 Å². The average molecular weight is 334 g/mol. The van der Waals surface area contributed by atoms with E-state index >= 15 is 0 Å². The Hall–Kier alpha value is -3.41. The number of aryl methyl sites for hydroxylation is 1. The summed E-state index contributed by atoms with van der Waals surface area (Å²) in [5.41, 5.74) is 2.33. The molecule has 0 aliphatic rings. The molecule has 0 unspecified atom stereocenters. The predicted molar refractivity (Wildman–Crippen MR) is 97.0 cm³/mol. The van der Waals surface area contributed by atoms with E-state index in [0.29, 0.717) is 11.4 Å². The van der Waals surface area contributed by atoms with Gasteiger partial charge in [-0.3, -0.25) is 0 Å². The number of nitrogens with one attached hydrogen (secondary N) is 2. The Balaban J connectivity index is 1.60. The van der Waals surface area contributed by atoms with Gasteiger partial charge in [0.2, 0.25) is 0 Å². The standard InChI is InChI=1S/C19H18N4O2/c1-2-14-8-6-7-11-17(14)23-18(24)22-15-12-20-19(21-13-15)25-16-9-4-3-5-10-16/h3-13H,2H2,1H3,(H2,22,23,24). The first-order chi connectivity index (χ1) is 12.2. The Morgan fingerprint density at radius 3 is 2.36 bits per heavy atom. The Morgan fingerprint density at radius 2 is 1.64 bits per heavy atom. The third-order valence-corrected chi connectivity index (χ3v) is 3.48. The molecule has 0 bridgehead atoms. The molecule has 6 nitrogen and oxygen atoms in total. The van der Waals surface area contributed by atoms with Gasteiger partial charge >= 0.3 is 12.0 Å². The SMILES string of the molecule is CCc1ccccc1NC(=O)Nc1cnc(Oc2ccccc2)nc1. The second-order valence-electron chi connectivity index (χ2n) is 5.26. The summed E-state index contributed by atoms with van der Waals surface area (Å²) >= 11 is 0. The van der Waals surface area contributed by atoms with Crippen LogP contribution in [-0.4, -0.2) is 16.0 Å². The Bertz CT molecular complexity index is 836. The van der Waals surface area contributed by atoms with Crippen LogP contribution in [-0.2, 0) is 6.42 Å². The monoisotopic (exact) mass is 334 g/mol. The molecule has 6 heteroatoms. The van der Waals surface area contributed by atoms with Gasteiger partial charge in [-0.25, -0.2) is 14.8 Å². The lowest BCUT2D eigenvalue weighted by atomic mass is 10.1. The molecular weight excluding hydrogens is 316 g/mol. The molecule has 0 atom stereocenters. The highest BCUT2D eigenvalue weighted by atomic mass is 16.5. The van der Waals surface area contributed by atoms with Gasteiger partial charge in [-0.05, 0) is 30.2 Å². The maximum absolute atomic E-state index is 12.1. The van der Waals surface area contributed by atoms with Gasteiger partial charge in [0.15, 0.2) is 0 Å². The molecule has 3 rings (SSSR count). The fourth-order valence-electron chi connectivity index (χ4n) is 2.26. The Labute approximate surface area is 145 Å². The second kappa shape index (κ2) is 7.92. The molecule has 0 spiro atoms. The third kappa shape index (κ3) is 4.54. The van der Waals surface area contributed by atoms with Crippen molar-refractivity contribution < 1.29 is 9.53 Å². The first kappa shape index (κ1) is 16.4. The van der Waals surface area contributed by atoms with Crippen molar-refractivity contribution in [3.8, 4) is 11.8 Å². The average Bonchev–Trinajstić information content (AvgIpc) is 2.64. The lowest BCUT2D eigenvalue weighted by Crippen LogP contribution is -2.20. The first-order valence-electron chi connectivity index (χ1n) is 7.95. The van der Waals surface area contributed by atoms with Gasteiger partial charge in [0.05, 0.1) is 18.1 Å². The van der Waals surface area contributed by atoms with E-state index in [-0.39, 0.29) is 12.0 Å². The van der Waals surface area contributed by atoms with Gasteiger partial charge in [0.1, 0.15) is 5.75 Å². The summed E-state index contributed by atoms with van der Waals surface area (Å²) in [5.74, 6) is 0.650. The number of hydrogen-bond acceptors (Lipinski definition) is 4. The number of hydrogen-bond donors (Lipinski definition) is 2. The van der Waals surface area contributed by atoms with Gasteiger partial charge in [0, 0.05) is 5.69 Å². The maximum atomic E-state index is 12.1. The fraction of sp³-hybridized carbons (Fsp3) is 0.105. The van der Waals surface area contributed by atoms with Crippen LogP contribution in [0.5, 0.6) is 11.8 Å². The summed E-state index contributed by atoms with van der Waals surface area (Å²) in [6, 6.07) is 16.8. The van der Waals surface area contributed by atoms with E-state index in [1.807, 2.05) is 61.5 Å². The third-order valence-electron chi connectivity index (χ3n) is 3.48. The number of carbonyl (C=O) groups is 1. The van der Waals surface area contributed by atoms with E-state index in [0.717, 1.165) is 17.7 Å². The smallest absolute Gasteiger partial charge is 0.323 e. The van der Waals surface area contributed by atoms with Crippen LogP contribution in [0.4, 0.5) is 16.2 Å². The molecule has 0 aliphatic carbocycles. The highest BCUT2D eigenvalue weighted by molar-refractivity contribution is 6.00. The number of ether oxygens (including phenoxy) is 1. The van der Waals surface area contributed by atoms with Crippen LogP contribution in [0.25, 0.3) is 0 Å². The number of para-hydroxylation sites is 2. The van der Waals surface area contributed by atoms with Crippen LogP contribution in [0.3, 0.4) is 0 Å². The lowest BCUT2D eigenvalue weighted by Gasteiger charge is -2.10. The molecule has 1 aromatic heterocycles. The lowest BCUT2D eigenvalue weighted by molar-refractivity contribution is 0.262. The van der Waals surface area contributed by atoms with E-state index < -0.39 is 0 Å². The molecule has 2 aromatic carbocycles. The molecular formula is C19H18N4O2. The molecule has 1 heterocycles. The minimum absolute atomic E-state index is 0.216. The zero-order valence-corrected chi connectivity index (χ0v) is 13.8. The molecule has 0 radical (unpaired) electrons. The van der Waals surface area contributed by atoms with Crippen molar-refractivity contribution in [2.24, 2.45) is 0 Å². The maximum Gasteiger partial charge on any atom is 0.323 e. The predicted octanol–water partition coefficient (Wildman–Crippen LogP) is 4.48. The van der Waals surface area contributed by atoms with Crippen LogP contribution in [0.1, 0.15) is 12.5 Å². The fourth-order valence-corrected chi connectivity index (χ4v) is 2.26. The number of nitrogens with zero attached hydrogens (tertiary/aromatic N) is 2. The highest BCUT2D eigenvalue weighted by Crippen LogP contribution is 2.18. The largest absolute Gasteiger partial charge is 0.424 e. The number of carbonyl (C=O) groups excluding carboxylic acids is 1. The normalized spacial score (nSPS) is 10.1. The summed E-state index contributed by atoms with van der Waals surface area (Å²) in [7, 11) is 0. The molecule has 126 valence electrons. The van der Waals surface area contributed by atoms with E-state index in [2.05, 4.69) is 20.6 Å². The Morgan fingerprint density at radius 1 is 0.960 bits per heavy atom. The highest BCUT2D eigenvalue weighted by Gasteiger charge is 2.07.